The smallest absolute Gasteiger partial charge is 0.416 e. The van der Waals surface area contributed by atoms with E-state index in [-0.39, 0.29) is 27.8 Å². The molecule has 0 radical (unpaired) electrons. The van der Waals surface area contributed by atoms with Gasteiger partial charge >= 0.3 is 12.2 Å². The Bertz CT molecular complexity index is 1130. The van der Waals surface area contributed by atoms with E-state index in [0.717, 1.165) is 36.4 Å². The van der Waals surface area contributed by atoms with Crippen molar-refractivity contribution in [3.63, 3.8) is 0 Å². The Balaban J connectivity index is 1.64. The molecule has 3 rings (SSSR count). The van der Waals surface area contributed by atoms with E-state index in [2.05, 4.69) is 10.6 Å². The van der Waals surface area contributed by atoms with Gasteiger partial charge in [0.25, 0.3) is 0 Å². The van der Waals surface area contributed by atoms with Crippen LogP contribution in [0.4, 0.5) is 36.8 Å². The number of nitrogens with one attached hydrogen (secondary N) is 2. The summed E-state index contributed by atoms with van der Waals surface area (Å²) in [7, 11) is 0. The molecule has 168 valence electrons. The Hall–Kier alpha value is -3.40. The number of amides is 2. The molecule has 0 spiro atoms. The van der Waals surface area contributed by atoms with Gasteiger partial charge in [-0.3, -0.25) is 0 Å². The molecule has 32 heavy (non-hydrogen) atoms. The van der Waals surface area contributed by atoms with Gasteiger partial charge in [-0.1, -0.05) is 17.7 Å². The number of carbonyl (C=O) groups is 1. The fraction of sp³-hybridized carbons (Fsp3) is 0.0952. The number of benzene rings is 3. The standard InChI is InChI=1S/C21H13ClF6N2O2/c22-14-8-11(21(26,27)28)4-7-19(14)32-12-5-6-18(17(25)9-12)30-20(31)29-10-13-15(23)2-1-3-16(13)24/h1-9H,10H2,(H2,29,30,31). The fourth-order valence-electron chi connectivity index (χ4n) is 2.58. The zero-order valence-electron chi connectivity index (χ0n) is 15.9. The normalized spacial score (nSPS) is 11.2. The lowest BCUT2D eigenvalue weighted by Crippen LogP contribution is -2.29. The lowest BCUT2D eigenvalue weighted by molar-refractivity contribution is -0.137. The number of hydrogen-bond acceptors (Lipinski definition) is 2. The average Bonchev–Trinajstić information content (AvgIpc) is 2.70. The van der Waals surface area contributed by atoms with Crippen LogP contribution in [0.2, 0.25) is 5.02 Å². The number of carbonyl (C=O) groups excluding carboxylic acids is 1. The Kier molecular flexibility index (Phi) is 6.83. The van der Waals surface area contributed by atoms with Crippen LogP contribution in [-0.4, -0.2) is 6.03 Å². The Labute approximate surface area is 182 Å². The first-order valence-electron chi connectivity index (χ1n) is 8.86. The predicted octanol–water partition coefficient (Wildman–Crippen LogP) is 6.89. The molecule has 3 aromatic rings. The first kappa shape index (κ1) is 23.3. The molecule has 0 heterocycles. The van der Waals surface area contributed by atoms with Crippen molar-refractivity contribution in [2.75, 3.05) is 5.32 Å². The number of rotatable bonds is 5. The van der Waals surface area contributed by atoms with Crippen molar-refractivity contribution in [2.24, 2.45) is 0 Å². The molecule has 0 aliphatic heterocycles. The Morgan fingerprint density at radius 1 is 0.938 bits per heavy atom. The molecular weight excluding hydrogens is 462 g/mol. The highest BCUT2D eigenvalue weighted by atomic mass is 35.5. The third-order valence-electron chi connectivity index (χ3n) is 4.16. The summed E-state index contributed by atoms with van der Waals surface area (Å²) in [4.78, 5) is 11.9. The summed E-state index contributed by atoms with van der Waals surface area (Å²) >= 11 is 5.80. The second-order valence-corrected chi connectivity index (χ2v) is 6.80. The quantitative estimate of drug-likeness (QED) is 0.396. The summed E-state index contributed by atoms with van der Waals surface area (Å²) in [5.41, 5.74) is -1.61. The Morgan fingerprint density at radius 2 is 1.62 bits per heavy atom. The number of halogens is 7. The van der Waals surface area contributed by atoms with Gasteiger partial charge in [0.15, 0.2) is 0 Å². The van der Waals surface area contributed by atoms with Crippen molar-refractivity contribution >= 4 is 23.3 Å². The van der Waals surface area contributed by atoms with Crippen molar-refractivity contribution < 1.29 is 35.9 Å². The lowest BCUT2D eigenvalue weighted by atomic mass is 10.2. The van der Waals surface area contributed by atoms with Crippen molar-refractivity contribution in [3.05, 3.63) is 88.2 Å². The van der Waals surface area contributed by atoms with E-state index in [9.17, 15) is 31.1 Å². The maximum Gasteiger partial charge on any atom is 0.416 e. The molecule has 11 heteroatoms. The summed E-state index contributed by atoms with van der Waals surface area (Å²) in [6.07, 6.45) is -4.58. The van der Waals surface area contributed by atoms with Crippen LogP contribution in [0, 0.1) is 17.5 Å². The lowest BCUT2D eigenvalue weighted by Gasteiger charge is -2.13. The fourth-order valence-corrected chi connectivity index (χ4v) is 2.80. The molecule has 2 N–H and O–H groups in total. The molecule has 2 amide bonds. The van der Waals surface area contributed by atoms with Crippen molar-refractivity contribution in [1.29, 1.82) is 0 Å². The molecule has 0 aliphatic carbocycles. The van der Waals surface area contributed by atoms with Crippen LogP contribution in [0.1, 0.15) is 11.1 Å². The maximum absolute atomic E-state index is 14.3. The molecule has 0 saturated heterocycles. The summed E-state index contributed by atoms with van der Waals surface area (Å²) in [6, 6.07) is 7.97. The van der Waals surface area contributed by atoms with Crippen LogP contribution in [-0.2, 0) is 12.7 Å². The van der Waals surface area contributed by atoms with Gasteiger partial charge in [-0.25, -0.2) is 18.0 Å². The van der Waals surface area contributed by atoms with E-state index in [0.29, 0.717) is 6.07 Å². The third kappa shape index (κ3) is 5.64. The first-order chi connectivity index (χ1) is 15.0. The van der Waals surface area contributed by atoms with E-state index in [1.807, 2.05) is 0 Å². The van der Waals surface area contributed by atoms with E-state index in [4.69, 9.17) is 16.3 Å². The average molecular weight is 475 g/mol. The maximum atomic E-state index is 14.3. The predicted molar refractivity (Wildman–Crippen MR) is 105 cm³/mol. The third-order valence-corrected chi connectivity index (χ3v) is 4.46. The van der Waals surface area contributed by atoms with E-state index in [1.165, 1.54) is 12.1 Å². The molecule has 0 atom stereocenters. The summed E-state index contributed by atoms with van der Waals surface area (Å²) in [6.45, 7) is -0.473. The number of hydrogen-bond donors (Lipinski definition) is 2. The van der Waals surface area contributed by atoms with Gasteiger partial charge in [0.2, 0.25) is 0 Å². The van der Waals surface area contributed by atoms with Crippen LogP contribution in [0.25, 0.3) is 0 Å². The SMILES string of the molecule is O=C(NCc1c(F)cccc1F)Nc1ccc(Oc2ccc(C(F)(F)F)cc2Cl)cc1F. The summed E-state index contributed by atoms with van der Waals surface area (Å²) in [5, 5.41) is 4.04. The molecular formula is C21H13ClF6N2O2. The molecule has 3 aromatic carbocycles. The molecule has 4 nitrogen and oxygen atoms in total. The highest BCUT2D eigenvalue weighted by molar-refractivity contribution is 6.32. The van der Waals surface area contributed by atoms with Gasteiger partial charge in [0.1, 0.15) is 29.0 Å². The molecule has 0 aliphatic rings. The van der Waals surface area contributed by atoms with Gasteiger partial charge < -0.3 is 15.4 Å². The highest BCUT2D eigenvalue weighted by Crippen LogP contribution is 2.36. The van der Waals surface area contributed by atoms with Crippen molar-refractivity contribution in [3.8, 4) is 11.5 Å². The molecule has 0 aromatic heterocycles. The van der Waals surface area contributed by atoms with Crippen LogP contribution in [0.5, 0.6) is 11.5 Å². The summed E-state index contributed by atoms with van der Waals surface area (Å²) < 4.78 is 84.8. The van der Waals surface area contributed by atoms with Crippen molar-refractivity contribution in [1.82, 2.24) is 5.32 Å². The van der Waals surface area contributed by atoms with Crippen molar-refractivity contribution in [2.45, 2.75) is 12.7 Å². The molecule has 0 fully saturated rings. The number of anilines is 1. The van der Waals surface area contributed by atoms with Gasteiger partial charge in [-0.05, 0) is 42.5 Å². The highest BCUT2D eigenvalue weighted by Gasteiger charge is 2.31. The van der Waals surface area contributed by atoms with E-state index < -0.39 is 41.8 Å². The second-order valence-electron chi connectivity index (χ2n) is 6.39. The van der Waals surface area contributed by atoms with Gasteiger partial charge in [-0.2, -0.15) is 13.2 Å². The molecule has 0 bridgehead atoms. The van der Waals surface area contributed by atoms with Crippen LogP contribution in [0.15, 0.2) is 54.6 Å². The number of alkyl halides is 3. The minimum Gasteiger partial charge on any atom is -0.456 e. The minimum absolute atomic E-state index is 0.0939. The monoisotopic (exact) mass is 474 g/mol. The zero-order chi connectivity index (χ0) is 23.5. The molecule has 0 unspecified atom stereocenters. The topological polar surface area (TPSA) is 50.4 Å². The van der Waals surface area contributed by atoms with Gasteiger partial charge in [0, 0.05) is 11.6 Å². The van der Waals surface area contributed by atoms with Gasteiger partial charge in [-0.15, -0.1) is 0 Å². The van der Waals surface area contributed by atoms with Crippen LogP contribution < -0.4 is 15.4 Å². The Morgan fingerprint density at radius 3 is 2.22 bits per heavy atom. The number of urea groups is 1. The molecule has 0 saturated carbocycles. The zero-order valence-corrected chi connectivity index (χ0v) is 16.6. The van der Waals surface area contributed by atoms with Crippen LogP contribution in [0.3, 0.4) is 0 Å². The largest absolute Gasteiger partial charge is 0.456 e. The number of ether oxygens (including phenoxy) is 1. The van der Waals surface area contributed by atoms with Gasteiger partial charge in [0.05, 0.1) is 22.8 Å². The van der Waals surface area contributed by atoms with E-state index in [1.54, 1.807) is 0 Å². The van der Waals surface area contributed by atoms with Crippen LogP contribution >= 0.6 is 11.6 Å². The minimum atomic E-state index is -4.58. The van der Waals surface area contributed by atoms with E-state index >= 15 is 0 Å². The first-order valence-corrected chi connectivity index (χ1v) is 9.24. The second kappa shape index (κ2) is 9.39. The summed E-state index contributed by atoms with van der Waals surface area (Å²) in [5.74, 6) is -2.86.